The van der Waals surface area contributed by atoms with Crippen molar-refractivity contribution in [2.75, 3.05) is 13.1 Å². The van der Waals surface area contributed by atoms with Crippen molar-refractivity contribution in [1.82, 2.24) is 19.4 Å². The van der Waals surface area contributed by atoms with Crippen molar-refractivity contribution in [3.63, 3.8) is 0 Å². The highest BCUT2D eigenvalue weighted by Gasteiger charge is 2.33. The highest BCUT2D eigenvalue weighted by atomic mass is 32.2. The number of pyridine rings is 1. The summed E-state index contributed by atoms with van der Waals surface area (Å²) >= 11 is 0. The number of aromatic nitrogens is 3. The van der Waals surface area contributed by atoms with Gasteiger partial charge in [-0.05, 0) is 44.0 Å². The molecule has 0 radical (unpaired) electrons. The van der Waals surface area contributed by atoms with E-state index in [9.17, 15) is 13.2 Å². The Morgan fingerprint density at radius 1 is 1.19 bits per heavy atom. The molecule has 0 spiro atoms. The van der Waals surface area contributed by atoms with Gasteiger partial charge in [-0.1, -0.05) is 22.9 Å². The van der Waals surface area contributed by atoms with Crippen LogP contribution in [0.2, 0.25) is 0 Å². The fraction of sp³-hybridized carbons (Fsp3) is 0.333. The third-order valence-electron chi connectivity index (χ3n) is 5.17. The maximum Gasteiger partial charge on any atom is 0.309 e. The molecule has 10 heteroatoms. The zero-order valence-electron chi connectivity index (χ0n) is 17.0. The highest BCUT2D eigenvalue weighted by Crippen LogP contribution is 2.25. The molecule has 0 unspecified atom stereocenters. The molecule has 4 rings (SSSR count). The summed E-state index contributed by atoms with van der Waals surface area (Å²) in [5, 5.41) is 3.86. The molecular formula is C21H22N4O5S. The van der Waals surface area contributed by atoms with Crippen LogP contribution < -0.4 is 0 Å². The first kappa shape index (κ1) is 21.1. The summed E-state index contributed by atoms with van der Waals surface area (Å²) in [7, 11) is -3.56. The van der Waals surface area contributed by atoms with Gasteiger partial charge in [-0.15, -0.1) is 0 Å². The van der Waals surface area contributed by atoms with Gasteiger partial charge in [-0.2, -0.15) is 9.29 Å². The maximum absolute atomic E-state index is 12.8. The first-order valence-corrected chi connectivity index (χ1v) is 11.3. The number of benzene rings is 1. The minimum atomic E-state index is -3.56. The van der Waals surface area contributed by atoms with Crippen LogP contribution >= 0.6 is 0 Å². The van der Waals surface area contributed by atoms with E-state index in [-0.39, 0.29) is 36.4 Å². The third-order valence-corrected chi connectivity index (χ3v) is 7.08. The lowest BCUT2D eigenvalue weighted by molar-refractivity contribution is -0.152. The Labute approximate surface area is 180 Å². The number of rotatable bonds is 6. The van der Waals surface area contributed by atoms with Gasteiger partial charge in [0.25, 0.3) is 5.89 Å². The minimum Gasteiger partial charge on any atom is -0.455 e. The Morgan fingerprint density at radius 2 is 1.94 bits per heavy atom. The van der Waals surface area contributed by atoms with Gasteiger partial charge in [-0.3, -0.25) is 9.78 Å². The van der Waals surface area contributed by atoms with Crippen LogP contribution in [0.4, 0.5) is 0 Å². The lowest BCUT2D eigenvalue weighted by atomic mass is 9.98. The van der Waals surface area contributed by atoms with Crippen LogP contribution in [0.1, 0.15) is 24.3 Å². The topological polar surface area (TPSA) is 115 Å². The molecule has 1 fully saturated rings. The van der Waals surface area contributed by atoms with Gasteiger partial charge >= 0.3 is 5.97 Å². The van der Waals surface area contributed by atoms with E-state index in [1.807, 2.05) is 6.92 Å². The third kappa shape index (κ3) is 4.80. The number of carbonyl (C=O) groups excluding carboxylic acids is 1. The van der Waals surface area contributed by atoms with E-state index in [1.54, 1.807) is 48.8 Å². The fourth-order valence-electron chi connectivity index (χ4n) is 3.37. The Bertz CT molecular complexity index is 1140. The average molecular weight is 442 g/mol. The molecular weight excluding hydrogens is 420 g/mol. The predicted octanol–water partition coefficient (Wildman–Crippen LogP) is 2.58. The van der Waals surface area contributed by atoms with E-state index in [2.05, 4.69) is 15.1 Å². The Kier molecular flexibility index (Phi) is 6.10. The lowest BCUT2D eigenvalue weighted by Crippen LogP contribution is -2.40. The number of ether oxygens (including phenoxy) is 1. The zero-order chi connectivity index (χ0) is 21.8. The molecule has 1 aliphatic rings. The molecule has 9 nitrogen and oxygen atoms in total. The van der Waals surface area contributed by atoms with Crippen molar-refractivity contribution < 1.29 is 22.5 Å². The van der Waals surface area contributed by atoms with Crippen LogP contribution in [0, 0.1) is 12.8 Å². The molecule has 0 N–H and O–H groups in total. The number of sulfonamides is 1. The normalized spacial score (nSPS) is 15.6. The summed E-state index contributed by atoms with van der Waals surface area (Å²) in [6.45, 7) is 2.30. The quantitative estimate of drug-likeness (QED) is 0.535. The van der Waals surface area contributed by atoms with Crippen molar-refractivity contribution in [3.8, 4) is 11.4 Å². The number of hydrogen-bond donors (Lipinski definition) is 0. The maximum atomic E-state index is 12.8. The molecule has 1 aliphatic heterocycles. The van der Waals surface area contributed by atoms with Crippen LogP contribution in [-0.4, -0.2) is 46.9 Å². The van der Waals surface area contributed by atoms with E-state index >= 15 is 0 Å². The molecule has 0 bridgehead atoms. The van der Waals surface area contributed by atoms with Crippen LogP contribution in [0.5, 0.6) is 0 Å². The smallest absolute Gasteiger partial charge is 0.309 e. The van der Waals surface area contributed by atoms with E-state index < -0.39 is 16.0 Å². The molecule has 3 heterocycles. The van der Waals surface area contributed by atoms with Crippen LogP contribution in [0.25, 0.3) is 11.4 Å². The molecule has 162 valence electrons. The molecule has 2 aromatic heterocycles. The molecule has 31 heavy (non-hydrogen) atoms. The fourth-order valence-corrected chi connectivity index (χ4v) is 4.84. The van der Waals surface area contributed by atoms with Crippen LogP contribution in [-0.2, 0) is 26.2 Å². The van der Waals surface area contributed by atoms with Crippen molar-refractivity contribution >= 4 is 16.0 Å². The molecule has 1 aromatic carbocycles. The van der Waals surface area contributed by atoms with Crippen LogP contribution in [0.3, 0.4) is 0 Å². The summed E-state index contributed by atoms with van der Waals surface area (Å²) in [6, 6.07) is 10.3. The lowest BCUT2D eigenvalue weighted by Gasteiger charge is -2.30. The summed E-state index contributed by atoms with van der Waals surface area (Å²) in [6.07, 6.45) is 4.05. The van der Waals surface area contributed by atoms with Gasteiger partial charge in [0.2, 0.25) is 15.8 Å². The Hall–Kier alpha value is -3.11. The summed E-state index contributed by atoms with van der Waals surface area (Å²) < 4.78 is 37.4. The SMILES string of the molecule is Cc1ccc(S(=O)(=O)N2CCC(C(=O)OCc3nc(-c4cccnc4)no3)CC2)cc1. The molecule has 1 saturated heterocycles. The minimum absolute atomic E-state index is 0.131. The van der Waals surface area contributed by atoms with Gasteiger partial charge in [0.05, 0.1) is 10.8 Å². The first-order chi connectivity index (χ1) is 14.9. The van der Waals surface area contributed by atoms with Crippen LogP contribution in [0.15, 0.2) is 58.2 Å². The largest absolute Gasteiger partial charge is 0.455 e. The second-order valence-corrected chi connectivity index (χ2v) is 9.29. The summed E-state index contributed by atoms with van der Waals surface area (Å²) in [5.41, 5.74) is 1.69. The second-order valence-electron chi connectivity index (χ2n) is 7.35. The van der Waals surface area contributed by atoms with Gasteiger partial charge in [0.1, 0.15) is 0 Å². The number of nitrogens with zero attached hydrogens (tertiary/aromatic N) is 4. The van der Waals surface area contributed by atoms with Gasteiger partial charge in [0, 0.05) is 31.0 Å². The van der Waals surface area contributed by atoms with Gasteiger partial charge in [-0.25, -0.2) is 8.42 Å². The number of esters is 1. The van der Waals surface area contributed by atoms with Gasteiger partial charge in [0.15, 0.2) is 6.61 Å². The highest BCUT2D eigenvalue weighted by molar-refractivity contribution is 7.89. The summed E-state index contributed by atoms with van der Waals surface area (Å²) in [5.74, 6) is -0.209. The van der Waals surface area contributed by atoms with Crippen molar-refractivity contribution in [1.29, 1.82) is 0 Å². The molecule has 0 atom stereocenters. The first-order valence-electron chi connectivity index (χ1n) is 9.90. The van der Waals surface area contributed by atoms with Crippen molar-refractivity contribution in [2.24, 2.45) is 5.92 Å². The molecule has 0 saturated carbocycles. The van der Waals surface area contributed by atoms with E-state index in [1.165, 1.54) is 4.31 Å². The Balaban J connectivity index is 1.30. The van der Waals surface area contributed by atoms with E-state index in [0.29, 0.717) is 24.2 Å². The van der Waals surface area contributed by atoms with E-state index in [0.717, 1.165) is 5.56 Å². The number of hydrogen-bond acceptors (Lipinski definition) is 8. The molecule has 0 amide bonds. The van der Waals surface area contributed by atoms with Crippen molar-refractivity contribution in [3.05, 3.63) is 60.2 Å². The average Bonchev–Trinajstić information content (AvgIpc) is 3.27. The van der Waals surface area contributed by atoms with E-state index in [4.69, 9.17) is 9.26 Å². The zero-order valence-corrected chi connectivity index (χ0v) is 17.8. The van der Waals surface area contributed by atoms with Gasteiger partial charge < -0.3 is 9.26 Å². The Morgan fingerprint density at radius 3 is 2.61 bits per heavy atom. The monoisotopic (exact) mass is 442 g/mol. The predicted molar refractivity (Wildman–Crippen MR) is 110 cm³/mol. The number of carbonyl (C=O) groups is 1. The van der Waals surface area contributed by atoms with Crippen molar-refractivity contribution in [2.45, 2.75) is 31.3 Å². The standard InChI is InChI=1S/C21H22N4O5S/c1-15-4-6-18(7-5-15)31(27,28)25-11-8-16(9-12-25)21(26)29-14-19-23-20(24-30-19)17-3-2-10-22-13-17/h2-7,10,13,16H,8-9,11-12,14H2,1H3. The number of piperidine rings is 1. The summed E-state index contributed by atoms with van der Waals surface area (Å²) in [4.78, 5) is 20.9. The molecule has 0 aliphatic carbocycles. The second kappa shape index (κ2) is 8.94. The number of aryl methyl sites for hydroxylation is 1. The molecule has 3 aromatic rings.